The summed E-state index contributed by atoms with van der Waals surface area (Å²) in [6.45, 7) is 5.10. The largest absolute Gasteiger partial charge is 0.493 e. The van der Waals surface area contributed by atoms with E-state index in [1.54, 1.807) is 55.5 Å². The number of benzene rings is 2. The first kappa shape index (κ1) is 26.5. The van der Waals surface area contributed by atoms with Crippen LogP contribution in [0.15, 0.2) is 36.4 Å². The third kappa shape index (κ3) is 6.24. The highest BCUT2D eigenvalue weighted by molar-refractivity contribution is 6.42. The van der Waals surface area contributed by atoms with Crippen molar-refractivity contribution < 1.29 is 23.8 Å². The van der Waals surface area contributed by atoms with E-state index in [1.807, 2.05) is 4.90 Å². The van der Waals surface area contributed by atoms with E-state index in [1.165, 1.54) is 0 Å². The number of carbonyl (C=O) groups excluding carboxylic acids is 2. The van der Waals surface area contributed by atoms with Gasteiger partial charge in [0, 0.05) is 50.4 Å². The van der Waals surface area contributed by atoms with Gasteiger partial charge in [-0.15, -0.1) is 0 Å². The Balaban J connectivity index is 1.32. The number of morpholine rings is 1. The molecule has 194 valence electrons. The fourth-order valence-corrected chi connectivity index (χ4v) is 4.92. The van der Waals surface area contributed by atoms with Crippen LogP contribution in [0.4, 0.5) is 0 Å². The molecular formula is C26H31Cl2N3O5. The summed E-state index contributed by atoms with van der Waals surface area (Å²) in [7, 11) is 3.13. The maximum absolute atomic E-state index is 13.1. The predicted octanol–water partition coefficient (Wildman–Crippen LogP) is 3.70. The second-order valence-corrected chi connectivity index (χ2v) is 9.70. The van der Waals surface area contributed by atoms with Gasteiger partial charge in [-0.3, -0.25) is 14.5 Å². The zero-order valence-electron chi connectivity index (χ0n) is 20.5. The van der Waals surface area contributed by atoms with Crippen LogP contribution in [0.3, 0.4) is 0 Å². The Morgan fingerprint density at radius 2 is 1.58 bits per heavy atom. The van der Waals surface area contributed by atoms with Gasteiger partial charge in [-0.2, -0.15) is 0 Å². The fourth-order valence-electron chi connectivity index (χ4n) is 4.62. The number of amides is 2. The van der Waals surface area contributed by atoms with Crippen molar-refractivity contribution in [3.05, 3.63) is 57.6 Å². The Kier molecular flexibility index (Phi) is 8.95. The zero-order chi connectivity index (χ0) is 25.7. The van der Waals surface area contributed by atoms with Crippen LogP contribution in [-0.4, -0.2) is 99.3 Å². The highest BCUT2D eigenvalue weighted by Crippen LogP contribution is 2.28. The first-order valence-corrected chi connectivity index (χ1v) is 12.7. The Labute approximate surface area is 221 Å². The van der Waals surface area contributed by atoms with E-state index in [-0.39, 0.29) is 17.9 Å². The monoisotopic (exact) mass is 535 g/mol. The number of methoxy groups -OCH3 is 2. The van der Waals surface area contributed by atoms with Crippen molar-refractivity contribution in [3.63, 3.8) is 0 Å². The number of rotatable bonds is 6. The quantitative estimate of drug-likeness (QED) is 0.561. The normalized spacial score (nSPS) is 19.1. The van der Waals surface area contributed by atoms with Gasteiger partial charge in [0.1, 0.15) is 0 Å². The first-order valence-electron chi connectivity index (χ1n) is 12.0. The van der Waals surface area contributed by atoms with E-state index < -0.39 is 0 Å². The van der Waals surface area contributed by atoms with Crippen LogP contribution >= 0.6 is 23.2 Å². The second kappa shape index (κ2) is 12.1. The predicted molar refractivity (Wildman–Crippen MR) is 139 cm³/mol. The van der Waals surface area contributed by atoms with E-state index >= 15 is 0 Å². The van der Waals surface area contributed by atoms with Gasteiger partial charge in [0.05, 0.1) is 37.0 Å². The molecule has 2 aliphatic rings. The molecule has 2 fully saturated rings. The summed E-state index contributed by atoms with van der Waals surface area (Å²) in [6, 6.07) is 10.2. The van der Waals surface area contributed by atoms with Crippen molar-refractivity contribution in [2.75, 3.05) is 66.6 Å². The number of halogens is 2. The smallest absolute Gasteiger partial charge is 0.254 e. The Morgan fingerprint density at radius 3 is 2.33 bits per heavy atom. The maximum Gasteiger partial charge on any atom is 0.254 e. The molecule has 0 saturated carbocycles. The highest BCUT2D eigenvalue weighted by atomic mass is 35.5. The van der Waals surface area contributed by atoms with Crippen LogP contribution in [0.5, 0.6) is 11.5 Å². The summed E-state index contributed by atoms with van der Waals surface area (Å²) in [5.41, 5.74) is 1.09. The van der Waals surface area contributed by atoms with Crippen LogP contribution in [0.2, 0.25) is 10.0 Å². The van der Waals surface area contributed by atoms with E-state index in [2.05, 4.69) is 4.90 Å². The van der Waals surface area contributed by atoms with Gasteiger partial charge in [-0.25, -0.2) is 0 Å². The average molecular weight is 536 g/mol. The first-order chi connectivity index (χ1) is 17.4. The molecule has 0 spiro atoms. The summed E-state index contributed by atoms with van der Waals surface area (Å²) >= 11 is 12.1. The van der Waals surface area contributed by atoms with Gasteiger partial charge in [0.15, 0.2) is 11.5 Å². The third-order valence-electron chi connectivity index (χ3n) is 6.56. The fraction of sp³-hybridized carbons (Fsp3) is 0.462. The van der Waals surface area contributed by atoms with E-state index in [0.717, 1.165) is 19.5 Å². The number of carbonyl (C=O) groups is 2. The topological polar surface area (TPSA) is 71.6 Å². The van der Waals surface area contributed by atoms with Gasteiger partial charge in [-0.05, 0) is 49.4 Å². The summed E-state index contributed by atoms with van der Waals surface area (Å²) in [6.07, 6.45) is 0.760. The SMILES string of the molecule is COc1ccc(C(=O)N2CCCN(C[C@@H]3CN(C(=O)c4ccc(Cl)c(Cl)c4)CCO3)CC2)cc1OC. The molecule has 2 amide bonds. The molecule has 0 N–H and O–H groups in total. The summed E-state index contributed by atoms with van der Waals surface area (Å²) in [5.74, 6) is 1.03. The summed E-state index contributed by atoms with van der Waals surface area (Å²) < 4.78 is 16.6. The Hall–Kier alpha value is -2.52. The van der Waals surface area contributed by atoms with Crippen LogP contribution in [0, 0.1) is 0 Å². The Bertz CT molecular complexity index is 1100. The summed E-state index contributed by atoms with van der Waals surface area (Å²) in [4.78, 5) is 32.1. The van der Waals surface area contributed by atoms with Crippen molar-refractivity contribution in [2.24, 2.45) is 0 Å². The van der Waals surface area contributed by atoms with Gasteiger partial charge in [-0.1, -0.05) is 23.2 Å². The van der Waals surface area contributed by atoms with Gasteiger partial charge < -0.3 is 24.0 Å². The molecule has 1 atom stereocenters. The minimum absolute atomic E-state index is 0.0230. The highest BCUT2D eigenvalue weighted by Gasteiger charge is 2.28. The zero-order valence-corrected chi connectivity index (χ0v) is 22.1. The molecule has 0 bridgehead atoms. The molecular weight excluding hydrogens is 505 g/mol. The van der Waals surface area contributed by atoms with Crippen molar-refractivity contribution >= 4 is 35.0 Å². The molecule has 8 nitrogen and oxygen atoms in total. The van der Waals surface area contributed by atoms with E-state index in [4.69, 9.17) is 37.4 Å². The van der Waals surface area contributed by atoms with Crippen molar-refractivity contribution in [2.45, 2.75) is 12.5 Å². The third-order valence-corrected chi connectivity index (χ3v) is 7.30. The van der Waals surface area contributed by atoms with Crippen LogP contribution in [-0.2, 0) is 4.74 Å². The van der Waals surface area contributed by atoms with E-state index in [0.29, 0.717) is 72.0 Å². The summed E-state index contributed by atoms with van der Waals surface area (Å²) in [5, 5.41) is 0.789. The van der Waals surface area contributed by atoms with Gasteiger partial charge >= 0.3 is 0 Å². The molecule has 0 radical (unpaired) electrons. The molecule has 2 aromatic carbocycles. The second-order valence-electron chi connectivity index (χ2n) is 8.89. The molecule has 0 aliphatic carbocycles. The molecule has 2 heterocycles. The standard InChI is InChI=1S/C26H31Cl2N3O5/c1-34-23-7-5-19(15-24(23)35-2)25(32)30-9-3-8-29(10-11-30)16-20-17-31(12-13-36-20)26(33)18-4-6-21(27)22(28)14-18/h4-7,14-15,20H,3,8-13,16-17H2,1-2H3/t20-/m1/s1. The number of hydrogen-bond acceptors (Lipinski definition) is 6. The molecule has 0 unspecified atom stereocenters. The van der Waals surface area contributed by atoms with Crippen molar-refractivity contribution in [1.82, 2.24) is 14.7 Å². The number of hydrogen-bond donors (Lipinski definition) is 0. The van der Waals surface area contributed by atoms with Crippen LogP contribution < -0.4 is 9.47 Å². The lowest BCUT2D eigenvalue weighted by Crippen LogP contribution is -2.50. The lowest BCUT2D eigenvalue weighted by Gasteiger charge is -2.35. The Morgan fingerprint density at radius 1 is 0.861 bits per heavy atom. The molecule has 2 aromatic rings. The van der Waals surface area contributed by atoms with Gasteiger partial charge in [0.25, 0.3) is 11.8 Å². The molecule has 2 saturated heterocycles. The minimum atomic E-state index is -0.0985. The van der Waals surface area contributed by atoms with Gasteiger partial charge in [0.2, 0.25) is 0 Å². The molecule has 10 heteroatoms. The maximum atomic E-state index is 13.1. The molecule has 2 aliphatic heterocycles. The van der Waals surface area contributed by atoms with Crippen LogP contribution in [0.25, 0.3) is 0 Å². The molecule has 36 heavy (non-hydrogen) atoms. The van der Waals surface area contributed by atoms with Crippen LogP contribution in [0.1, 0.15) is 27.1 Å². The minimum Gasteiger partial charge on any atom is -0.493 e. The molecule has 0 aromatic heterocycles. The lowest BCUT2D eigenvalue weighted by atomic mass is 10.1. The lowest BCUT2D eigenvalue weighted by molar-refractivity contribution is -0.0353. The van der Waals surface area contributed by atoms with Crippen molar-refractivity contribution in [3.8, 4) is 11.5 Å². The molecule has 4 rings (SSSR count). The van der Waals surface area contributed by atoms with Crippen molar-refractivity contribution in [1.29, 1.82) is 0 Å². The number of ether oxygens (including phenoxy) is 3. The number of nitrogens with zero attached hydrogens (tertiary/aromatic N) is 3. The average Bonchev–Trinajstić information content (AvgIpc) is 3.14. The van der Waals surface area contributed by atoms with E-state index in [9.17, 15) is 9.59 Å².